The van der Waals surface area contributed by atoms with E-state index in [4.69, 9.17) is 21.1 Å². The summed E-state index contributed by atoms with van der Waals surface area (Å²) in [5, 5.41) is 2.66. The SMILES string of the molecule is COc1ccc2[nH]cc(C(=O)C3c4[nH]c5ccc(OC)cc5c4CCN3Cc3ccc(Cl)cc3)c2c1. The van der Waals surface area contributed by atoms with Gasteiger partial charge in [0.2, 0.25) is 0 Å². The number of nitrogens with zero attached hydrogens (tertiary/aromatic N) is 1. The monoisotopic (exact) mass is 499 g/mol. The van der Waals surface area contributed by atoms with E-state index in [0.717, 1.165) is 57.5 Å². The van der Waals surface area contributed by atoms with E-state index in [0.29, 0.717) is 17.1 Å². The van der Waals surface area contributed by atoms with Gasteiger partial charge in [0.1, 0.15) is 17.5 Å². The molecule has 6 nitrogen and oxygen atoms in total. The number of hydrogen-bond donors (Lipinski definition) is 2. The minimum absolute atomic E-state index is 0.0444. The van der Waals surface area contributed by atoms with Crippen molar-refractivity contribution in [3.8, 4) is 11.5 Å². The second-order valence-electron chi connectivity index (χ2n) is 9.16. The standard InChI is InChI=1S/C29H26ClN3O3/c1-35-19-7-9-25-23(14-19)24(15-31-25)29(34)28-27-21(22-13-20(36-2)8-10-26(22)32-27)11-12-33(28)16-17-3-5-18(30)6-4-17/h3-10,13-15,28,31-32H,11-12,16H2,1-2H3. The van der Waals surface area contributed by atoms with Gasteiger partial charge in [-0.05, 0) is 66.1 Å². The highest BCUT2D eigenvalue weighted by molar-refractivity contribution is 6.30. The Kier molecular flexibility index (Phi) is 5.70. The molecule has 6 rings (SSSR count). The molecule has 0 aliphatic carbocycles. The molecule has 1 aliphatic rings. The molecule has 1 unspecified atom stereocenters. The third kappa shape index (κ3) is 3.83. The Bertz CT molecular complexity index is 1590. The Labute approximate surface area is 213 Å². The number of nitrogens with one attached hydrogen (secondary N) is 2. The Morgan fingerprint density at radius 1 is 0.972 bits per heavy atom. The summed E-state index contributed by atoms with van der Waals surface area (Å²) in [5.74, 6) is 1.57. The van der Waals surface area contributed by atoms with Crippen molar-refractivity contribution in [2.24, 2.45) is 0 Å². The second-order valence-corrected chi connectivity index (χ2v) is 9.59. The van der Waals surface area contributed by atoms with Crippen LogP contribution in [0, 0.1) is 0 Å². The highest BCUT2D eigenvalue weighted by Crippen LogP contribution is 2.39. The first-order valence-electron chi connectivity index (χ1n) is 11.9. The Balaban J connectivity index is 1.48. The summed E-state index contributed by atoms with van der Waals surface area (Å²) in [6.07, 6.45) is 2.65. The number of ether oxygens (including phenoxy) is 2. The number of methoxy groups -OCH3 is 2. The van der Waals surface area contributed by atoms with E-state index in [1.807, 2.05) is 60.8 Å². The molecule has 1 aliphatic heterocycles. The number of aromatic amines is 2. The first kappa shape index (κ1) is 22.7. The van der Waals surface area contributed by atoms with Gasteiger partial charge < -0.3 is 19.4 Å². The van der Waals surface area contributed by atoms with Crippen LogP contribution in [0.1, 0.15) is 33.2 Å². The summed E-state index contributed by atoms with van der Waals surface area (Å²) >= 11 is 6.12. The van der Waals surface area contributed by atoms with Crippen LogP contribution in [0.25, 0.3) is 21.8 Å². The lowest BCUT2D eigenvalue weighted by Crippen LogP contribution is -2.39. The van der Waals surface area contributed by atoms with E-state index in [9.17, 15) is 4.79 Å². The predicted octanol–water partition coefficient (Wildman–Crippen LogP) is 6.30. The largest absolute Gasteiger partial charge is 0.497 e. The van der Waals surface area contributed by atoms with Gasteiger partial charge in [-0.25, -0.2) is 0 Å². The van der Waals surface area contributed by atoms with E-state index >= 15 is 0 Å². The first-order chi connectivity index (χ1) is 17.6. The minimum atomic E-state index is -0.465. The third-order valence-electron chi connectivity index (χ3n) is 7.14. The maximum absolute atomic E-state index is 14.3. The summed E-state index contributed by atoms with van der Waals surface area (Å²) in [6, 6.07) is 19.1. The molecule has 0 radical (unpaired) electrons. The molecule has 3 heterocycles. The summed E-state index contributed by atoms with van der Waals surface area (Å²) in [7, 11) is 3.31. The van der Waals surface area contributed by atoms with Crippen molar-refractivity contribution in [1.82, 2.24) is 14.9 Å². The normalized spacial score (nSPS) is 15.8. The van der Waals surface area contributed by atoms with Crippen molar-refractivity contribution in [3.05, 3.63) is 94.3 Å². The molecular weight excluding hydrogens is 474 g/mol. The lowest BCUT2D eigenvalue weighted by Gasteiger charge is -2.35. The summed E-state index contributed by atoms with van der Waals surface area (Å²) in [4.78, 5) is 23.4. The van der Waals surface area contributed by atoms with Crippen molar-refractivity contribution in [3.63, 3.8) is 0 Å². The molecule has 5 aromatic rings. The van der Waals surface area contributed by atoms with Crippen LogP contribution in [0.5, 0.6) is 11.5 Å². The van der Waals surface area contributed by atoms with Crippen LogP contribution in [0.2, 0.25) is 5.02 Å². The number of aromatic nitrogens is 2. The van der Waals surface area contributed by atoms with Crippen molar-refractivity contribution >= 4 is 39.2 Å². The van der Waals surface area contributed by atoms with Gasteiger partial charge in [0.15, 0.2) is 5.78 Å². The molecule has 0 saturated heterocycles. The fourth-order valence-electron chi connectivity index (χ4n) is 5.31. The molecule has 2 aromatic heterocycles. The number of Topliss-reactive ketones (excluding diaryl/α,β-unsaturated/α-hetero) is 1. The summed E-state index contributed by atoms with van der Waals surface area (Å²) in [5.41, 5.74) is 5.79. The second kappa shape index (κ2) is 9.04. The summed E-state index contributed by atoms with van der Waals surface area (Å²) in [6.45, 7) is 1.39. The zero-order chi connectivity index (χ0) is 24.8. The smallest absolute Gasteiger partial charge is 0.188 e. The maximum Gasteiger partial charge on any atom is 0.188 e. The number of benzene rings is 3. The van der Waals surface area contributed by atoms with E-state index < -0.39 is 6.04 Å². The summed E-state index contributed by atoms with van der Waals surface area (Å²) < 4.78 is 10.9. The number of hydrogen-bond acceptors (Lipinski definition) is 4. The lowest BCUT2D eigenvalue weighted by molar-refractivity contribution is 0.0784. The predicted molar refractivity (Wildman–Crippen MR) is 142 cm³/mol. The number of carbonyl (C=O) groups excluding carboxylic acids is 1. The van der Waals surface area contributed by atoms with Crippen LogP contribution >= 0.6 is 11.6 Å². The van der Waals surface area contributed by atoms with Gasteiger partial charge in [0.25, 0.3) is 0 Å². The third-order valence-corrected chi connectivity index (χ3v) is 7.39. The van der Waals surface area contributed by atoms with Gasteiger partial charge in [-0.2, -0.15) is 0 Å². The zero-order valence-electron chi connectivity index (χ0n) is 20.1. The van der Waals surface area contributed by atoms with Crippen molar-refractivity contribution in [2.75, 3.05) is 20.8 Å². The molecule has 0 spiro atoms. The average molecular weight is 500 g/mol. The van der Waals surface area contributed by atoms with Gasteiger partial charge in [-0.1, -0.05) is 23.7 Å². The highest BCUT2D eigenvalue weighted by Gasteiger charge is 2.37. The van der Waals surface area contributed by atoms with E-state index in [1.54, 1.807) is 14.2 Å². The molecule has 7 heteroatoms. The molecule has 0 fully saturated rings. The van der Waals surface area contributed by atoms with E-state index in [2.05, 4.69) is 20.9 Å². The molecule has 0 amide bonds. The Morgan fingerprint density at radius 2 is 1.67 bits per heavy atom. The van der Waals surface area contributed by atoms with Crippen LogP contribution in [0.15, 0.2) is 66.9 Å². The maximum atomic E-state index is 14.3. The van der Waals surface area contributed by atoms with Crippen LogP contribution in [0.3, 0.4) is 0 Å². The van der Waals surface area contributed by atoms with Gasteiger partial charge in [-0.15, -0.1) is 0 Å². The molecule has 182 valence electrons. The molecular formula is C29H26ClN3O3. The van der Waals surface area contributed by atoms with Gasteiger partial charge in [0, 0.05) is 57.4 Å². The number of fused-ring (bicyclic) bond motifs is 4. The van der Waals surface area contributed by atoms with Crippen LogP contribution in [-0.4, -0.2) is 41.4 Å². The zero-order valence-corrected chi connectivity index (χ0v) is 20.9. The molecule has 3 aromatic carbocycles. The number of rotatable bonds is 6. The van der Waals surface area contributed by atoms with Gasteiger partial charge >= 0.3 is 0 Å². The van der Waals surface area contributed by atoms with E-state index in [-0.39, 0.29) is 5.78 Å². The highest BCUT2D eigenvalue weighted by atomic mass is 35.5. The topological polar surface area (TPSA) is 70.3 Å². The van der Waals surface area contributed by atoms with Gasteiger partial charge in [-0.3, -0.25) is 9.69 Å². The van der Waals surface area contributed by atoms with Crippen molar-refractivity contribution in [1.29, 1.82) is 0 Å². The van der Waals surface area contributed by atoms with E-state index in [1.165, 1.54) is 5.56 Å². The van der Waals surface area contributed by atoms with Crippen LogP contribution in [-0.2, 0) is 13.0 Å². The van der Waals surface area contributed by atoms with Crippen molar-refractivity contribution < 1.29 is 14.3 Å². The number of halogens is 1. The van der Waals surface area contributed by atoms with Crippen LogP contribution < -0.4 is 9.47 Å². The number of H-pyrrole nitrogens is 2. The average Bonchev–Trinajstić information content (AvgIpc) is 3.50. The Morgan fingerprint density at radius 3 is 2.39 bits per heavy atom. The van der Waals surface area contributed by atoms with Crippen LogP contribution in [0.4, 0.5) is 0 Å². The number of ketones is 1. The Hall–Kier alpha value is -3.74. The van der Waals surface area contributed by atoms with Crippen molar-refractivity contribution in [2.45, 2.75) is 19.0 Å². The molecule has 1 atom stereocenters. The number of carbonyl (C=O) groups is 1. The molecule has 36 heavy (non-hydrogen) atoms. The minimum Gasteiger partial charge on any atom is -0.497 e. The molecule has 2 N–H and O–H groups in total. The molecule has 0 saturated carbocycles. The first-order valence-corrected chi connectivity index (χ1v) is 12.3. The fraction of sp³-hybridized carbons (Fsp3) is 0.207. The lowest BCUT2D eigenvalue weighted by atomic mass is 9.91. The molecule has 0 bridgehead atoms. The van der Waals surface area contributed by atoms with Gasteiger partial charge in [0.05, 0.1) is 14.2 Å². The fourth-order valence-corrected chi connectivity index (χ4v) is 5.44. The quantitative estimate of drug-likeness (QED) is 0.269.